The van der Waals surface area contributed by atoms with Crippen LogP contribution in [0.2, 0.25) is 0 Å². The van der Waals surface area contributed by atoms with Crippen molar-refractivity contribution in [3.05, 3.63) is 51.7 Å². The summed E-state index contributed by atoms with van der Waals surface area (Å²) in [6, 6.07) is 9.91. The Balaban J connectivity index is 1.65. The second kappa shape index (κ2) is 9.19. The number of hydrogen-bond donors (Lipinski definition) is 1. The van der Waals surface area contributed by atoms with Gasteiger partial charge in [-0.2, -0.15) is 0 Å². The highest BCUT2D eigenvalue weighted by atomic mass is 32.2. The average Bonchev–Trinajstić information content (AvgIpc) is 3.27. The molecule has 0 atom stereocenters. The number of amides is 1. The molecule has 0 saturated heterocycles. The van der Waals surface area contributed by atoms with E-state index in [1.165, 1.54) is 22.2 Å². The molecule has 0 aliphatic heterocycles. The highest BCUT2D eigenvalue weighted by Gasteiger charge is 2.18. The maximum absolute atomic E-state index is 12.2. The number of thiophene rings is 1. The van der Waals surface area contributed by atoms with Crippen LogP contribution >= 0.6 is 23.1 Å². The molecule has 0 bridgehead atoms. The number of aromatic nitrogens is 3. The summed E-state index contributed by atoms with van der Waals surface area (Å²) >= 11 is 3.18. The van der Waals surface area contributed by atoms with E-state index in [-0.39, 0.29) is 5.91 Å². The Morgan fingerprint density at radius 3 is 2.70 bits per heavy atom. The predicted octanol–water partition coefficient (Wildman–Crippen LogP) is 4.31. The first-order chi connectivity index (χ1) is 13.1. The molecule has 142 valence electrons. The molecule has 0 radical (unpaired) electrons. The van der Waals surface area contributed by atoms with Gasteiger partial charge in [-0.3, -0.25) is 4.79 Å². The van der Waals surface area contributed by atoms with Crippen molar-refractivity contribution >= 4 is 29.0 Å². The van der Waals surface area contributed by atoms with Crippen LogP contribution in [0, 0.1) is 6.92 Å². The number of hydrogen-bond acceptors (Lipinski definition) is 5. The largest absolute Gasteiger partial charge is 0.351 e. The van der Waals surface area contributed by atoms with Crippen LogP contribution in [0.4, 0.5) is 0 Å². The van der Waals surface area contributed by atoms with Crippen molar-refractivity contribution in [3.63, 3.8) is 0 Å². The molecule has 5 nitrogen and oxygen atoms in total. The lowest BCUT2D eigenvalue weighted by molar-refractivity contribution is -0.118. The summed E-state index contributed by atoms with van der Waals surface area (Å²) in [5.41, 5.74) is 3.59. The molecule has 0 unspecified atom stereocenters. The van der Waals surface area contributed by atoms with Gasteiger partial charge in [0.25, 0.3) is 0 Å². The minimum atomic E-state index is -0.00307. The minimum absolute atomic E-state index is 0.00307. The van der Waals surface area contributed by atoms with Gasteiger partial charge in [0.15, 0.2) is 11.0 Å². The van der Waals surface area contributed by atoms with Crippen LogP contribution < -0.4 is 5.32 Å². The Labute approximate surface area is 168 Å². The third kappa shape index (κ3) is 4.59. The lowest BCUT2D eigenvalue weighted by atomic mass is 10.1. The molecular weight excluding hydrogens is 376 g/mol. The highest BCUT2D eigenvalue weighted by Crippen LogP contribution is 2.32. The SMILES string of the molecule is CCc1c(-c2nnc(SCC(=O)NCc3ccccc3)n2CC)csc1C. The van der Waals surface area contributed by atoms with Crippen molar-refractivity contribution in [2.24, 2.45) is 0 Å². The van der Waals surface area contributed by atoms with E-state index in [4.69, 9.17) is 0 Å². The molecule has 3 rings (SSSR count). The Hall–Kier alpha value is -2.12. The van der Waals surface area contributed by atoms with E-state index >= 15 is 0 Å². The summed E-state index contributed by atoms with van der Waals surface area (Å²) in [6.45, 7) is 7.70. The quantitative estimate of drug-likeness (QED) is 0.573. The van der Waals surface area contributed by atoms with Crippen molar-refractivity contribution in [1.82, 2.24) is 20.1 Å². The van der Waals surface area contributed by atoms with Crippen molar-refractivity contribution in [2.75, 3.05) is 5.75 Å². The van der Waals surface area contributed by atoms with E-state index in [0.717, 1.165) is 35.1 Å². The Bertz CT molecular complexity index is 902. The van der Waals surface area contributed by atoms with Gasteiger partial charge in [-0.1, -0.05) is 49.0 Å². The smallest absolute Gasteiger partial charge is 0.230 e. The lowest BCUT2D eigenvalue weighted by Gasteiger charge is -2.08. The maximum atomic E-state index is 12.2. The predicted molar refractivity (Wildman–Crippen MR) is 112 cm³/mol. The molecule has 2 aromatic heterocycles. The monoisotopic (exact) mass is 400 g/mol. The minimum Gasteiger partial charge on any atom is -0.351 e. The molecule has 2 heterocycles. The van der Waals surface area contributed by atoms with Gasteiger partial charge in [0.2, 0.25) is 5.91 Å². The molecular formula is C20H24N4OS2. The van der Waals surface area contributed by atoms with Crippen LogP contribution in [0.15, 0.2) is 40.9 Å². The first-order valence-corrected chi connectivity index (χ1v) is 10.9. The van der Waals surface area contributed by atoms with Crippen LogP contribution in [-0.2, 0) is 24.3 Å². The average molecular weight is 401 g/mol. The topological polar surface area (TPSA) is 59.8 Å². The number of rotatable bonds is 8. The third-order valence-electron chi connectivity index (χ3n) is 4.40. The summed E-state index contributed by atoms with van der Waals surface area (Å²) in [6.07, 6.45) is 0.978. The van der Waals surface area contributed by atoms with Crippen LogP contribution in [0.25, 0.3) is 11.4 Å². The number of thioether (sulfide) groups is 1. The molecule has 3 aromatic rings. The van der Waals surface area contributed by atoms with Crippen molar-refractivity contribution in [1.29, 1.82) is 0 Å². The fourth-order valence-corrected chi connectivity index (χ4v) is 4.73. The molecule has 0 aliphatic rings. The maximum Gasteiger partial charge on any atom is 0.230 e. The van der Waals surface area contributed by atoms with Gasteiger partial charge in [0, 0.05) is 28.9 Å². The third-order valence-corrected chi connectivity index (χ3v) is 6.32. The Morgan fingerprint density at radius 2 is 2.00 bits per heavy atom. The van der Waals surface area contributed by atoms with Crippen LogP contribution in [0.1, 0.15) is 29.9 Å². The van der Waals surface area contributed by atoms with Gasteiger partial charge in [0.05, 0.1) is 5.75 Å². The van der Waals surface area contributed by atoms with Crippen molar-refractivity contribution < 1.29 is 4.79 Å². The van der Waals surface area contributed by atoms with Crippen molar-refractivity contribution in [2.45, 2.75) is 45.4 Å². The summed E-state index contributed by atoms with van der Waals surface area (Å²) < 4.78 is 2.09. The summed E-state index contributed by atoms with van der Waals surface area (Å²) in [5.74, 6) is 1.22. The zero-order valence-corrected chi connectivity index (χ0v) is 17.5. The van der Waals surface area contributed by atoms with E-state index in [1.54, 1.807) is 11.3 Å². The molecule has 1 amide bonds. The molecule has 1 aromatic carbocycles. The molecule has 0 spiro atoms. The molecule has 0 fully saturated rings. The van der Waals surface area contributed by atoms with E-state index < -0.39 is 0 Å². The number of aryl methyl sites for hydroxylation is 1. The number of benzene rings is 1. The lowest BCUT2D eigenvalue weighted by Crippen LogP contribution is -2.24. The molecule has 1 N–H and O–H groups in total. The number of carbonyl (C=O) groups is 1. The van der Waals surface area contributed by atoms with Gasteiger partial charge in [-0.25, -0.2) is 0 Å². The summed E-state index contributed by atoms with van der Waals surface area (Å²) in [4.78, 5) is 13.5. The van der Waals surface area contributed by atoms with E-state index in [9.17, 15) is 4.79 Å². The van der Waals surface area contributed by atoms with Crippen molar-refractivity contribution in [3.8, 4) is 11.4 Å². The van der Waals surface area contributed by atoms with E-state index in [2.05, 4.69) is 46.2 Å². The van der Waals surface area contributed by atoms with Crippen LogP contribution in [0.5, 0.6) is 0 Å². The van der Waals surface area contributed by atoms with Crippen LogP contribution in [0.3, 0.4) is 0 Å². The first-order valence-electron chi connectivity index (χ1n) is 9.08. The Kier molecular flexibility index (Phi) is 6.68. The highest BCUT2D eigenvalue weighted by molar-refractivity contribution is 7.99. The number of nitrogens with zero attached hydrogens (tertiary/aromatic N) is 3. The zero-order chi connectivity index (χ0) is 19.2. The molecule has 27 heavy (non-hydrogen) atoms. The van der Waals surface area contributed by atoms with Gasteiger partial charge in [0.1, 0.15) is 0 Å². The number of carbonyl (C=O) groups excluding carboxylic acids is 1. The molecule has 0 saturated carbocycles. The van der Waals surface area contributed by atoms with Crippen LogP contribution in [-0.4, -0.2) is 26.4 Å². The number of nitrogens with one attached hydrogen (secondary N) is 1. The molecule has 0 aliphatic carbocycles. The van der Waals surface area contributed by atoms with Gasteiger partial charge < -0.3 is 9.88 Å². The first kappa shape index (κ1) is 19.6. The van der Waals surface area contributed by atoms with Gasteiger partial charge in [-0.15, -0.1) is 21.5 Å². The standard InChI is InChI=1S/C20H24N4OS2/c1-4-16-14(3)26-12-17(16)19-22-23-20(24(19)5-2)27-13-18(25)21-11-15-9-7-6-8-10-15/h6-10,12H,4-5,11,13H2,1-3H3,(H,21,25). The normalized spacial score (nSPS) is 10.9. The van der Waals surface area contributed by atoms with E-state index in [0.29, 0.717) is 12.3 Å². The van der Waals surface area contributed by atoms with Gasteiger partial charge >= 0.3 is 0 Å². The second-order valence-corrected chi connectivity index (χ2v) is 8.17. The van der Waals surface area contributed by atoms with Gasteiger partial charge in [-0.05, 0) is 31.4 Å². The zero-order valence-electron chi connectivity index (χ0n) is 15.9. The fourth-order valence-electron chi connectivity index (χ4n) is 2.96. The molecule has 7 heteroatoms. The Morgan fingerprint density at radius 1 is 1.22 bits per heavy atom. The fraction of sp³-hybridized carbons (Fsp3) is 0.350. The summed E-state index contributed by atoms with van der Waals surface area (Å²) in [7, 11) is 0. The van der Waals surface area contributed by atoms with E-state index in [1.807, 2.05) is 30.3 Å². The summed E-state index contributed by atoms with van der Waals surface area (Å²) in [5, 5.41) is 14.7. The second-order valence-electron chi connectivity index (χ2n) is 6.14.